The Bertz CT molecular complexity index is 1300. The summed E-state index contributed by atoms with van der Waals surface area (Å²) in [5, 5.41) is 10.4. The molecule has 0 radical (unpaired) electrons. The number of furan rings is 1. The summed E-state index contributed by atoms with van der Waals surface area (Å²) in [7, 11) is 0. The lowest BCUT2D eigenvalue weighted by molar-refractivity contribution is 0.0303. The van der Waals surface area contributed by atoms with Gasteiger partial charge < -0.3 is 19.2 Å². The highest BCUT2D eigenvalue weighted by Crippen LogP contribution is 2.33. The highest BCUT2D eigenvalue weighted by atomic mass is 16.5. The minimum absolute atomic E-state index is 0.00861. The molecule has 1 N–H and O–H groups in total. The van der Waals surface area contributed by atoms with Crippen molar-refractivity contribution in [1.29, 1.82) is 0 Å². The molecule has 5 rings (SSSR count). The number of hydrogen-bond acceptors (Lipinski definition) is 6. The molecule has 168 valence electrons. The first kappa shape index (κ1) is 21.3. The van der Waals surface area contributed by atoms with Crippen LogP contribution >= 0.6 is 0 Å². The molecule has 1 aliphatic heterocycles. The lowest BCUT2D eigenvalue weighted by Crippen LogP contribution is -2.40. The first-order valence-corrected chi connectivity index (χ1v) is 11.0. The van der Waals surface area contributed by atoms with Gasteiger partial charge in [-0.05, 0) is 37.6 Å². The van der Waals surface area contributed by atoms with Gasteiger partial charge in [0.05, 0.1) is 18.8 Å². The van der Waals surface area contributed by atoms with Crippen molar-refractivity contribution in [1.82, 2.24) is 14.9 Å². The second-order valence-corrected chi connectivity index (χ2v) is 8.67. The van der Waals surface area contributed by atoms with Gasteiger partial charge in [-0.2, -0.15) is 0 Å². The molecule has 4 aromatic rings. The van der Waals surface area contributed by atoms with Crippen molar-refractivity contribution >= 4 is 17.0 Å². The molecule has 1 saturated heterocycles. The van der Waals surface area contributed by atoms with E-state index in [1.54, 1.807) is 13.8 Å². The number of carbonyl (C=O) groups excluding carboxylic acids is 1. The Kier molecular flexibility index (Phi) is 5.44. The van der Waals surface area contributed by atoms with Crippen LogP contribution in [0.4, 0.5) is 0 Å². The minimum atomic E-state index is -0.961. The van der Waals surface area contributed by atoms with Crippen LogP contribution in [0.15, 0.2) is 65.3 Å². The number of amides is 1. The zero-order valence-corrected chi connectivity index (χ0v) is 18.6. The van der Waals surface area contributed by atoms with E-state index in [0.717, 1.165) is 16.7 Å². The van der Waals surface area contributed by atoms with Crippen LogP contribution < -0.4 is 0 Å². The molecule has 0 saturated carbocycles. The van der Waals surface area contributed by atoms with Gasteiger partial charge in [-0.1, -0.05) is 30.3 Å². The SMILES string of the molecule is CC(C)(O)c1cccc(-c2ncnc3cc(-c4ccc(C(=O)N5CCOCC5)cc4)oc23)c1. The van der Waals surface area contributed by atoms with Crippen molar-refractivity contribution < 1.29 is 19.1 Å². The van der Waals surface area contributed by atoms with Crippen LogP contribution in [0.3, 0.4) is 0 Å². The maximum atomic E-state index is 12.7. The zero-order chi connectivity index (χ0) is 23.0. The topological polar surface area (TPSA) is 88.7 Å². The molecule has 2 aromatic carbocycles. The third kappa shape index (κ3) is 4.25. The predicted molar refractivity (Wildman–Crippen MR) is 125 cm³/mol. The average molecular weight is 444 g/mol. The van der Waals surface area contributed by atoms with Gasteiger partial charge in [0.15, 0.2) is 5.58 Å². The van der Waals surface area contributed by atoms with Crippen molar-refractivity contribution in [3.63, 3.8) is 0 Å². The van der Waals surface area contributed by atoms with E-state index in [1.807, 2.05) is 59.5 Å². The van der Waals surface area contributed by atoms with Gasteiger partial charge in [-0.3, -0.25) is 4.79 Å². The molecule has 3 heterocycles. The molecule has 0 bridgehead atoms. The van der Waals surface area contributed by atoms with E-state index in [-0.39, 0.29) is 5.91 Å². The smallest absolute Gasteiger partial charge is 0.254 e. The van der Waals surface area contributed by atoms with Gasteiger partial charge in [0.2, 0.25) is 0 Å². The number of fused-ring (bicyclic) bond motifs is 1. The van der Waals surface area contributed by atoms with Gasteiger partial charge in [0.25, 0.3) is 5.91 Å². The van der Waals surface area contributed by atoms with Crippen LogP contribution in [0.1, 0.15) is 29.8 Å². The molecule has 0 aliphatic carbocycles. The predicted octanol–water partition coefficient (Wildman–Crippen LogP) is 4.26. The van der Waals surface area contributed by atoms with Crippen LogP contribution in [0.2, 0.25) is 0 Å². The first-order chi connectivity index (χ1) is 15.9. The van der Waals surface area contributed by atoms with Crippen molar-refractivity contribution in [3.8, 4) is 22.6 Å². The second-order valence-electron chi connectivity index (χ2n) is 8.67. The summed E-state index contributed by atoms with van der Waals surface area (Å²) in [6.45, 7) is 5.87. The Morgan fingerprint density at radius 3 is 2.48 bits per heavy atom. The molecule has 1 fully saturated rings. The maximum absolute atomic E-state index is 12.7. The molecule has 1 amide bonds. The molecule has 33 heavy (non-hydrogen) atoms. The third-order valence-electron chi connectivity index (χ3n) is 5.87. The van der Waals surface area contributed by atoms with Gasteiger partial charge >= 0.3 is 0 Å². The van der Waals surface area contributed by atoms with Gasteiger partial charge in [-0.15, -0.1) is 0 Å². The number of morpholine rings is 1. The number of benzene rings is 2. The minimum Gasteiger partial charge on any atom is -0.452 e. The Morgan fingerprint density at radius 2 is 1.76 bits per heavy atom. The van der Waals surface area contributed by atoms with E-state index in [4.69, 9.17) is 9.15 Å². The number of hydrogen-bond donors (Lipinski definition) is 1. The maximum Gasteiger partial charge on any atom is 0.254 e. The van der Waals surface area contributed by atoms with Gasteiger partial charge in [0.1, 0.15) is 23.3 Å². The van der Waals surface area contributed by atoms with E-state index in [2.05, 4.69) is 9.97 Å². The van der Waals surface area contributed by atoms with Crippen LogP contribution in [-0.4, -0.2) is 52.2 Å². The monoisotopic (exact) mass is 443 g/mol. The molecular weight excluding hydrogens is 418 g/mol. The summed E-state index contributed by atoms with van der Waals surface area (Å²) in [6.07, 6.45) is 1.51. The number of ether oxygens (including phenoxy) is 1. The van der Waals surface area contributed by atoms with Gasteiger partial charge in [-0.25, -0.2) is 9.97 Å². The summed E-state index contributed by atoms with van der Waals surface area (Å²) >= 11 is 0. The standard InChI is InChI=1S/C26H25N3O4/c1-26(2,31)20-5-3-4-19(14-20)23-24-21(27-16-28-23)15-22(33-24)17-6-8-18(9-7-17)25(30)29-10-12-32-13-11-29/h3-9,14-16,31H,10-13H2,1-2H3. The Labute approximate surface area is 191 Å². The van der Waals surface area contributed by atoms with Crippen LogP contribution in [0, 0.1) is 0 Å². The van der Waals surface area contributed by atoms with E-state index in [0.29, 0.717) is 54.4 Å². The summed E-state index contributed by atoms with van der Waals surface area (Å²) in [5.41, 5.74) is 4.09. The van der Waals surface area contributed by atoms with E-state index in [9.17, 15) is 9.90 Å². The number of aliphatic hydroxyl groups is 1. The number of aromatic nitrogens is 2. The Hall–Kier alpha value is -3.55. The summed E-state index contributed by atoms with van der Waals surface area (Å²) < 4.78 is 11.5. The van der Waals surface area contributed by atoms with E-state index >= 15 is 0 Å². The van der Waals surface area contributed by atoms with Crippen molar-refractivity contribution in [3.05, 3.63) is 72.1 Å². The fourth-order valence-electron chi connectivity index (χ4n) is 3.98. The Morgan fingerprint density at radius 1 is 1.00 bits per heavy atom. The number of rotatable bonds is 4. The molecule has 0 atom stereocenters. The number of nitrogens with zero attached hydrogens (tertiary/aromatic N) is 3. The summed E-state index contributed by atoms with van der Waals surface area (Å²) in [4.78, 5) is 23.3. The molecule has 7 heteroatoms. The van der Waals surface area contributed by atoms with Crippen molar-refractivity contribution in [2.75, 3.05) is 26.3 Å². The van der Waals surface area contributed by atoms with Crippen LogP contribution in [0.25, 0.3) is 33.7 Å². The Balaban J connectivity index is 1.47. The van der Waals surface area contributed by atoms with Gasteiger partial charge in [0, 0.05) is 35.8 Å². The lowest BCUT2D eigenvalue weighted by Gasteiger charge is -2.26. The fraction of sp³-hybridized carbons (Fsp3) is 0.269. The first-order valence-electron chi connectivity index (χ1n) is 11.0. The molecule has 1 aliphatic rings. The molecular formula is C26H25N3O4. The highest BCUT2D eigenvalue weighted by molar-refractivity contribution is 5.95. The summed E-state index contributed by atoms with van der Waals surface area (Å²) in [5.74, 6) is 0.657. The van der Waals surface area contributed by atoms with Crippen LogP contribution in [-0.2, 0) is 10.3 Å². The summed E-state index contributed by atoms with van der Waals surface area (Å²) in [6, 6.07) is 16.9. The molecule has 0 spiro atoms. The van der Waals surface area contributed by atoms with Crippen LogP contribution in [0.5, 0.6) is 0 Å². The third-order valence-corrected chi connectivity index (χ3v) is 5.87. The molecule has 2 aromatic heterocycles. The normalized spacial score (nSPS) is 14.6. The quantitative estimate of drug-likeness (QED) is 0.507. The second kappa shape index (κ2) is 8.42. The highest BCUT2D eigenvalue weighted by Gasteiger charge is 2.20. The lowest BCUT2D eigenvalue weighted by atomic mass is 9.95. The molecule has 0 unspecified atom stereocenters. The fourth-order valence-corrected chi connectivity index (χ4v) is 3.98. The van der Waals surface area contributed by atoms with E-state index in [1.165, 1.54) is 6.33 Å². The number of carbonyl (C=O) groups is 1. The largest absolute Gasteiger partial charge is 0.452 e. The average Bonchev–Trinajstić information content (AvgIpc) is 3.28. The van der Waals surface area contributed by atoms with Crippen molar-refractivity contribution in [2.24, 2.45) is 0 Å². The molecule has 7 nitrogen and oxygen atoms in total. The zero-order valence-electron chi connectivity index (χ0n) is 18.6. The van der Waals surface area contributed by atoms with E-state index < -0.39 is 5.60 Å². The van der Waals surface area contributed by atoms with Crippen molar-refractivity contribution in [2.45, 2.75) is 19.4 Å².